The Morgan fingerprint density at radius 1 is 1.70 bits per heavy atom. The van der Waals surface area contributed by atoms with Gasteiger partial charge in [-0.2, -0.15) is 11.8 Å². The van der Waals surface area contributed by atoms with Gasteiger partial charge in [-0.25, -0.2) is 4.98 Å². The molecule has 1 aromatic rings. The maximum absolute atomic E-state index is 3.93. The average molecular weight is 156 g/mol. The van der Waals surface area contributed by atoms with Crippen LogP contribution in [0.25, 0.3) is 0 Å². The van der Waals surface area contributed by atoms with E-state index in [1.165, 1.54) is 5.69 Å². The lowest BCUT2D eigenvalue weighted by Crippen LogP contribution is -1.88. The summed E-state index contributed by atoms with van der Waals surface area (Å²) in [7, 11) is 0. The minimum absolute atomic E-state index is 0.698. The van der Waals surface area contributed by atoms with Crippen molar-refractivity contribution >= 4 is 11.8 Å². The van der Waals surface area contributed by atoms with Crippen LogP contribution in [0.3, 0.4) is 0 Å². The van der Waals surface area contributed by atoms with Crippen molar-refractivity contribution in [3.8, 4) is 0 Å². The Morgan fingerprint density at radius 2 is 2.50 bits per heavy atom. The highest BCUT2D eigenvalue weighted by Crippen LogP contribution is 2.14. The van der Waals surface area contributed by atoms with Gasteiger partial charge in [0.1, 0.15) is 0 Å². The SMILES string of the molecule is CC(C)SCc1cnc[nH]1. The Hall–Kier alpha value is -0.440. The molecule has 3 heteroatoms. The van der Waals surface area contributed by atoms with Crippen LogP contribution in [-0.2, 0) is 5.75 Å². The van der Waals surface area contributed by atoms with Gasteiger partial charge in [0.05, 0.1) is 6.33 Å². The molecule has 1 aromatic heterocycles. The summed E-state index contributed by atoms with van der Waals surface area (Å²) in [6.07, 6.45) is 3.59. The lowest BCUT2D eigenvalue weighted by Gasteiger charge is -2.00. The maximum atomic E-state index is 3.93. The standard InChI is InChI=1S/C7H12N2S/c1-6(2)10-4-7-3-8-5-9-7/h3,5-6H,4H2,1-2H3,(H,8,9). The van der Waals surface area contributed by atoms with E-state index < -0.39 is 0 Å². The van der Waals surface area contributed by atoms with E-state index in [2.05, 4.69) is 23.8 Å². The molecule has 0 aliphatic carbocycles. The van der Waals surface area contributed by atoms with Crippen LogP contribution in [0.15, 0.2) is 12.5 Å². The normalized spacial score (nSPS) is 10.7. The fourth-order valence-corrected chi connectivity index (χ4v) is 1.29. The molecule has 1 rings (SSSR count). The van der Waals surface area contributed by atoms with Gasteiger partial charge in [-0.15, -0.1) is 0 Å². The lowest BCUT2D eigenvalue weighted by molar-refractivity contribution is 1.10. The molecule has 1 heterocycles. The zero-order valence-corrected chi connectivity index (χ0v) is 7.11. The molecule has 1 N–H and O–H groups in total. The Balaban J connectivity index is 2.28. The molecule has 0 bridgehead atoms. The average Bonchev–Trinajstić information content (AvgIpc) is 2.34. The first-order chi connectivity index (χ1) is 4.79. The predicted molar refractivity (Wildman–Crippen MR) is 45.0 cm³/mol. The number of imidazole rings is 1. The van der Waals surface area contributed by atoms with Gasteiger partial charge in [0.2, 0.25) is 0 Å². The van der Waals surface area contributed by atoms with Gasteiger partial charge in [-0.1, -0.05) is 13.8 Å². The molecular formula is C7H12N2S. The van der Waals surface area contributed by atoms with Gasteiger partial charge >= 0.3 is 0 Å². The van der Waals surface area contributed by atoms with Crippen LogP contribution in [0.5, 0.6) is 0 Å². The molecule has 0 atom stereocenters. The molecule has 0 aliphatic rings. The molecule has 2 nitrogen and oxygen atoms in total. The van der Waals surface area contributed by atoms with Crippen molar-refractivity contribution in [3.05, 3.63) is 18.2 Å². The van der Waals surface area contributed by atoms with E-state index in [1.807, 2.05) is 18.0 Å². The number of hydrogen-bond acceptors (Lipinski definition) is 2. The predicted octanol–water partition coefficient (Wildman–Crippen LogP) is 2.05. The van der Waals surface area contributed by atoms with E-state index in [9.17, 15) is 0 Å². The zero-order chi connectivity index (χ0) is 7.40. The largest absolute Gasteiger partial charge is 0.348 e. The van der Waals surface area contributed by atoms with E-state index in [0.29, 0.717) is 5.25 Å². The zero-order valence-electron chi connectivity index (χ0n) is 6.29. The molecule has 0 unspecified atom stereocenters. The van der Waals surface area contributed by atoms with Crippen LogP contribution >= 0.6 is 11.8 Å². The van der Waals surface area contributed by atoms with Crippen molar-refractivity contribution in [2.75, 3.05) is 0 Å². The van der Waals surface area contributed by atoms with E-state index in [4.69, 9.17) is 0 Å². The molecule has 0 saturated heterocycles. The van der Waals surface area contributed by atoms with Crippen LogP contribution in [0.1, 0.15) is 19.5 Å². The van der Waals surface area contributed by atoms with Crippen LogP contribution in [0.4, 0.5) is 0 Å². The number of nitrogens with zero attached hydrogens (tertiary/aromatic N) is 1. The summed E-state index contributed by atoms with van der Waals surface area (Å²) in [5, 5.41) is 0.698. The second kappa shape index (κ2) is 3.66. The van der Waals surface area contributed by atoms with Gasteiger partial charge in [0, 0.05) is 17.6 Å². The summed E-state index contributed by atoms with van der Waals surface area (Å²) in [6.45, 7) is 4.39. The minimum atomic E-state index is 0.698. The molecule has 10 heavy (non-hydrogen) atoms. The van der Waals surface area contributed by atoms with Crippen molar-refractivity contribution in [2.45, 2.75) is 24.9 Å². The number of hydrogen-bond donors (Lipinski definition) is 1. The number of thioether (sulfide) groups is 1. The number of aromatic nitrogens is 2. The highest BCUT2D eigenvalue weighted by Gasteiger charge is 1.96. The molecule has 0 aromatic carbocycles. The fraction of sp³-hybridized carbons (Fsp3) is 0.571. The van der Waals surface area contributed by atoms with Gasteiger partial charge in [-0.3, -0.25) is 0 Å². The first-order valence-corrected chi connectivity index (χ1v) is 4.43. The van der Waals surface area contributed by atoms with Crippen molar-refractivity contribution in [3.63, 3.8) is 0 Å². The third kappa shape index (κ3) is 2.43. The van der Waals surface area contributed by atoms with Crippen molar-refractivity contribution in [1.82, 2.24) is 9.97 Å². The monoisotopic (exact) mass is 156 g/mol. The molecule has 0 saturated carbocycles. The smallest absolute Gasteiger partial charge is 0.0921 e. The van der Waals surface area contributed by atoms with Crippen LogP contribution in [-0.4, -0.2) is 15.2 Å². The topological polar surface area (TPSA) is 28.7 Å². The Kier molecular flexibility index (Phi) is 2.81. The Bertz CT molecular complexity index is 170. The lowest BCUT2D eigenvalue weighted by atomic mass is 10.6. The second-order valence-corrected chi connectivity index (χ2v) is 4.00. The van der Waals surface area contributed by atoms with Crippen LogP contribution < -0.4 is 0 Å². The molecule has 0 spiro atoms. The highest BCUT2D eigenvalue weighted by atomic mass is 32.2. The highest BCUT2D eigenvalue weighted by molar-refractivity contribution is 7.99. The van der Waals surface area contributed by atoms with Crippen molar-refractivity contribution in [1.29, 1.82) is 0 Å². The van der Waals surface area contributed by atoms with Crippen molar-refractivity contribution in [2.24, 2.45) is 0 Å². The van der Waals surface area contributed by atoms with E-state index in [0.717, 1.165) is 5.75 Å². The van der Waals surface area contributed by atoms with E-state index >= 15 is 0 Å². The molecule has 0 amide bonds. The van der Waals surface area contributed by atoms with Gasteiger partial charge < -0.3 is 4.98 Å². The van der Waals surface area contributed by atoms with E-state index in [-0.39, 0.29) is 0 Å². The molecule has 56 valence electrons. The summed E-state index contributed by atoms with van der Waals surface area (Å²) >= 11 is 1.92. The van der Waals surface area contributed by atoms with Gasteiger partial charge in [-0.05, 0) is 5.25 Å². The van der Waals surface area contributed by atoms with Crippen molar-refractivity contribution < 1.29 is 0 Å². The quantitative estimate of drug-likeness (QED) is 0.725. The third-order valence-corrected chi connectivity index (χ3v) is 2.27. The maximum Gasteiger partial charge on any atom is 0.0921 e. The van der Waals surface area contributed by atoms with Crippen LogP contribution in [0.2, 0.25) is 0 Å². The van der Waals surface area contributed by atoms with Gasteiger partial charge in [0.15, 0.2) is 0 Å². The van der Waals surface area contributed by atoms with E-state index in [1.54, 1.807) is 6.33 Å². The summed E-state index contributed by atoms with van der Waals surface area (Å²) in [4.78, 5) is 6.99. The van der Waals surface area contributed by atoms with Gasteiger partial charge in [0.25, 0.3) is 0 Å². The Labute approximate surface area is 65.4 Å². The summed E-state index contributed by atoms with van der Waals surface area (Å²) in [6, 6.07) is 0. The van der Waals surface area contributed by atoms with Crippen LogP contribution in [0, 0.1) is 0 Å². The fourth-order valence-electron chi connectivity index (χ4n) is 0.620. The second-order valence-electron chi connectivity index (χ2n) is 2.44. The Morgan fingerprint density at radius 3 is 3.00 bits per heavy atom. The first kappa shape index (κ1) is 7.66. The number of rotatable bonds is 3. The molecular weight excluding hydrogens is 144 g/mol. The first-order valence-electron chi connectivity index (χ1n) is 3.38. The minimum Gasteiger partial charge on any atom is -0.348 e. The summed E-state index contributed by atoms with van der Waals surface area (Å²) in [5.41, 5.74) is 1.21. The molecule has 0 radical (unpaired) electrons. The molecule has 0 fully saturated rings. The number of nitrogens with one attached hydrogen (secondary N) is 1. The third-order valence-electron chi connectivity index (χ3n) is 1.13. The number of aromatic amines is 1. The summed E-state index contributed by atoms with van der Waals surface area (Å²) in [5.74, 6) is 1.04. The summed E-state index contributed by atoms with van der Waals surface area (Å²) < 4.78 is 0. The number of H-pyrrole nitrogens is 1. The molecule has 0 aliphatic heterocycles.